The number of thiol groups is 1. The lowest BCUT2D eigenvalue weighted by Gasteiger charge is -2.22. The standard InChI is InChI=1S/C19H25N5O5S/c1-10(17(26)24-15(9-30)19(28)29)22-18(27)14(23-16(25)7-20)6-11-8-21-13-5-3-2-4-12(11)13/h2-5,8,10,14-15,21,30H,6-7,9,20H2,1H3,(H,22,27)(H,23,25)(H,24,26)(H,28,29). The number of hydrogen-bond donors (Lipinski definition) is 7. The quantitative estimate of drug-likeness (QED) is 0.240. The van der Waals surface area contributed by atoms with Gasteiger partial charge >= 0.3 is 5.97 Å². The molecule has 2 rings (SSSR count). The van der Waals surface area contributed by atoms with Crippen LogP contribution in [0.2, 0.25) is 0 Å². The molecule has 0 radical (unpaired) electrons. The summed E-state index contributed by atoms with van der Waals surface area (Å²) < 4.78 is 0. The summed E-state index contributed by atoms with van der Waals surface area (Å²) >= 11 is 3.88. The van der Waals surface area contributed by atoms with Crippen LogP contribution in [0.4, 0.5) is 0 Å². The molecule has 3 atom stereocenters. The van der Waals surface area contributed by atoms with Gasteiger partial charge in [0.2, 0.25) is 17.7 Å². The van der Waals surface area contributed by atoms with Crippen molar-refractivity contribution in [2.75, 3.05) is 12.3 Å². The van der Waals surface area contributed by atoms with Crippen molar-refractivity contribution in [3.63, 3.8) is 0 Å². The summed E-state index contributed by atoms with van der Waals surface area (Å²) in [7, 11) is 0. The number of carbonyl (C=O) groups is 4. The van der Waals surface area contributed by atoms with E-state index in [1.165, 1.54) is 6.92 Å². The Morgan fingerprint density at radius 2 is 1.80 bits per heavy atom. The van der Waals surface area contributed by atoms with Gasteiger partial charge in [0.1, 0.15) is 18.1 Å². The van der Waals surface area contributed by atoms with Gasteiger partial charge in [-0.15, -0.1) is 0 Å². The third-order valence-electron chi connectivity index (χ3n) is 4.49. The second kappa shape index (κ2) is 10.6. The van der Waals surface area contributed by atoms with Crippen LogP contribution < -0.4 is 21.7 Å². The Hall–Kier alpha value is -3.05. The normalized spacial score (nSPS) is 13.8. The maximum Gasteiger partial charge on any atom is 0.327 e. The molecule has 30 heavy (non-hydrogen) atoms. The van der Waals surface area contributed by atoms with Gasteiger partial charge in [-0.05, 0) is 18.6 Å². The summed E-state index contributed by atoms with van der Waals surface area (Å²) in [6.45, 7) is 1.12. The monoisotopic (exact) mass is 435 g/mol. The molecule has 0 aliphatic heterocycles. The third kappa shape index (κ3) is 5.97. The van der Waals surface area contributed by atoms with Gasteiger partial charge in [-0.2, -0.15) is 12.6 Å². The van der Waals surface area contributed by atoms with Gasteiger partial charge in [0.25, 0.3) is 0 Å². The molecular formula is C19H25N5O5S. The number of nitrogens with one attached hydrogen (secondary N) is 4. The number of H-pyrrole nitrogens is 1. The van der Waals surface area contributed by atoms with Crippen molar-refractivity contribution in [1.82, 2.24) is 20.9 Å². The van der Waals surface area contributed by atoms with E-state index in [1.54, 1.807) is 6.20 Å². The first-order valence-electron chi connectivity index (χ1n) is 9.25. The van der Waals surface area contributed by atoms with Crippen molar-refractivity contribution in [1.29, 1.82) is 0 Å². The Morgan fingerprint density at radius 3 is 2.43 bits per heavy atom. The summed E-state index contributed by atoms with van der Waals surface area (Å²) in [6.07, 6.45) is 1.92. The zero-order valence-electron chi connectivity index (χ0n) is 16.3. The predicted molar refractivity (Wildman–Crippen MR) is 114 cm³/mol. The van der Waals surface area contributed by atoms with E-state index >= 15 is 0 Å². The predicted octanol–water partition coefficient (Wildman–Crippen LogP) is -0.842. The second-order valence-electron chi connectivity index (χ2n) is 6.70. The summed E-state index contributed by atoms with van der Waals surface area (Å²) in [6, 6.07) is 4.33. The molecule has 3 amide bonds. The molecule has 10 nitrogen and oxygen atoms in total. The molecule has 1 aromatic heterocycles. The van der Waals surface area contributed by atoms with Crippen molar-refractivity contribution >= 4 is 47.2 Å². The summed E-state index contributed by atoms with van der Waals surface area (Å²) in [4.78, 5) is 50.9. The van der Waals surface area contributed by atoms with Gasteiger partial charge in [0.15, 0.2) is 0 Å². The minimum absolute atomic E-state index is 0.0997. The molecule has 1 heterocycles. The Balaban J connectivity index is 2.12. The minimum Gasteiger partial charge on any atom is -0.480 e. The van der Waals surface area contributed by atoms with E-state index < -0.39 is 41.8 Å². The first-order valence-corrected chi connectivity index (χ1v) is 9.88. The van der Waals surface area contributed by atoms with E-state index in [2.05, 4.69) is 33.6 Å². The summed E-state index contributed by atoms with van der Waals surface area (Å²) in [5, 5.41) is 17.3. The zero-order chi connectivity index (χ0) is 22.3. The van der Waals surface area contributed by atoms with Crippen LogP contribution >= 0.6 is 12.6 Å². The van der Waals surface area contributed by atoms with Crippen molar-refractivity contribution in [2.45, 2.75) is 31.5 Å². The fourth-order valence-electron chi connectivity index (χ4n) is 2.84. The molecule has 0 fully saturated rings. The number of aliphatic carboxylic acids is 1. The number of aromatic amines is 1. The molecule has 7 N–H and O–H groups in total. The van der Waals surface area contributed by atoms with Crippen LogP contribution in [0.3, 0.4) is 0 Å². The molecule has 0 saturated carbocycles. The van der Waals surface area contributed by atoms with Crippen LogP contribution in [0.5, 0.6) is 0 Å². The molecule has 2 aromatic rings. The van der Waals surface area contributed by atoms with Crippen molar-refractivity contribution in [3.8, 4) is 0 Å². The Bertz CT molecular complexity index is 931. The molecule has 0 spiro atoms. The molecule has 3 unspecified atom stereocenters. The topological polar surface area (TPSA) is 166 Å². The fourth-order valence-corrected chi connectivity index (χ4v) is 3.09. The molecule has 0 saturated heterocycles. The molecule has 1 aromatic carbocycles. The van der Waals surface area contributed by atoms with Crippen molar-refractivity contribution in [2.24, 2.45) is 5.73 Å². The highest BCUT2D eigenvalue weighted by molar-refractivity contribution is 7.80. The Labute approximate surface area is 178 Å². The van der Waals surface area contributed by atoms with Gasteiger partial charge in [-0.1, -0.05) is 18.2 Å². The van der Waals surface area contributed by atoms with Crippen LogP contribution in [0, 0.1) is 0 Å². The number of fused-ring (bicyclic) bond motifs is 1. The van der Waals surface area contributed by atoms with Gasteiger partial charge in [-0.3, -0.25) is 14.4 Å². The average molecular weight is 436 g/mol. The molecule has 0 bridgehead atoms. The number of amides is 3. The lowest BCUT2D eigenvalue weighted by atomic mass is 10.0. The number of aromatic nitrogens is 1. The average Bonchev–Trinajstić information content (AvgIpc) is 3.13. The van der Waals surface area contributed by atoms with E-state index in [4.69, 9.17) is 10.8 Å². The number of carbonyl (C=O) groups excluding carboxylic acids is 3. The Kier molecular flexibility index (Phi) is 8.25. The van der Waals surface area contributed by atoms with Crippen molar-refractivity contribution < 1.29 is 24.3 Å². The maximum atomic E-state index is 12.8. The highest BCUT2D eigenvalue weighted by Crippen LogP contribution is 2.19. The van der Waals surface area contributed by atoms with Crippen LogP contribution in [0.15, 0.2) is 30.5 Å². The number of carboxylic acids is 1. The number of hydrogen-bond acceptors (Lipinski definition) is 6. The van der Waals surface area contributed by atoms with Crippen molar-refractivity contribution in [3.05, 3.63) is 36.0 Å². The first-order chi connectivity index (χ1) is 14.3. The van der Waals surface area contributed by atoms with Gasteiger partial charge in [0.05, 0.1) is 6.54 Å². The highest BCUT2D eigenvalue weighted by atomic mass is 32.1. The minimum atomic E-state index is -1.23. The van der Waals surface area contributed by atoms with Crippen LogP contribution in [-0.4, -0.2) is 64.2 Å². The van der Waals surface area contributed by atoms with Gasteiger partial charge < -0.3 is 31.8 Å². The lowest BCUT2D eigenvalue weighted by Crippen LogP contribution is -2.56. The number of para-hydroxylation sites is 1. The summed E-state index contributed by atoms with van der Waals surface area (Å²) in [5.41, 5.74) is 7.05. The van der Waals surface area contributed by atoms with E-state index in [1.807, 2.05) is 24.3 Å². The van der Waals surface area contributed by atoms with Crippen LogP contribution in [0.25, 0.3) is 10.9 Å². The third-order valence-corrected chi connectivity index (χ3v) is 4.85. The second-order valence-corrected chi connectivity index (χ2v) is 7.07. The SMILES string of the molecule is CC(NC(=O)C(Cc1c[nH]c2ccccc12)NC(=O)CN)C(=O)NC(CS)C(=O)O. The van der Waals surface area contributed by atoms with Crippen LogP contribution in [-0.2, 0) is 25.6 Å². The highest BCUT2D eigenvalue weighted by Gasteiger charge is 2.27. The van der Waals surface area contributed by atoms with Gasteiger partial charge in [0, 0.05) is 29.3 Å². The largest absolute Gasteiger partial charge is 0.480 e. The smallest absolute Gasteiger partial charge is 0.327 e. The number of benzene rings is 1. The van der Waals surface area contributed by atoms with E-state index in [0.717, 1.165) is 16.5 Å². The number of nitrogens with two attached hydrogens (primary N) is 1. The molecule has 162 valence electrons. The number of carboxylic acid groups (broad SMARTS) is 1. The molecule has 11 heteroatoms. The maximum absolute atomic E-state index is 12.8. The first kappa shape index (κ1) is 23.2. The fraction of sp³-hybridized carbons (Fsp3) is 0.368. The van der Waals surface area contributed by atoms with E-state index in [0.29, 0.717) is 0 Å². The van der Waals surface area contributed by atoms with E-state index in [9.17, 15) is 19.2 Å². The lowest BCUT2D eigenvalue weighted by molar-refractivity contribution is -0.141. The molecule has 0 aliphatic carbocycles. The number of rotatable bonds is 10. The molecule has 0 aliphatic rings. The van der Waals surface area contributed by atoms with E-state index in [-0.39, 0.29) is 18.7 Å². The zero-order valence-corrected chi connectivity index (χ0v) is 17.2. The van der Waals surface area contributed by atoms with Crippen LogP contribution in [0.1, 0.15) is 12.5 Å². The molecular weight excluding hydrogens is 410 g/mol. The van der Waals surface area contributed by atoms with Gasteiger partial charge in [-0.25, -0.2) is 4.79 Å². The Morgan fingerprint density at radius 1 is 1.10 bits per heavy atom. The summed E-state index contributed by atoms with van der Waals surface area (Å²) in [5.74, 6) is -3.13.